The first-order valence-corrected chi connectivity index (χ1v) is 10.1. The average Bonchev–Trinajstić information content (AvgIpc) is 2.74. The molecule has 1 N–H and O–H groups in total. The number of ether oxygens (including phenoxy) is 1. The number of carbonyl (C=O) groups is 3. The zero-order valence-corrected chi connectivity index (χ0v) is 18.1. The summed E-state index contributed by atoms with van der Waals surface area (Å²) in [6.07, 6.45) is -0.963. The predicted molar refractivity (Wildman–Crippen MR) is 119 cm³/mol. The number of nitrogens with one attached hydrogen (secondary N) is 1. The summed E-state index contributed by atoms with van der Waals surface area (Å²) >= 11 is 3.33. The number of aryl methyl sites for hydroxylation is 1. The SMILES string of the molecule is Cc1ccc(C(=O)[C@H](C)OC(=O)c2ccccc2NC(=O)c2ccc(Br)cc2)cc1. The Morgan fingerprint density at radius 2 is 1.47 bits per heavy atom. The van der Waals surface area contributed by atoms with E-state index in [1.807, 2.05) is 19.1 Å². The van der Waals surface area contributed by atoms with E-state index < -0.39 is 12.1 Å². The number of esters is 1. The van der Waals surface area contributed by atoms with Gasteiger partial charge in [-0.05, 0) is 50.2 Å². The van der Waals surface area contributed by atoms with Gasteiger partial charge in [-0.2, -0.15) is 0 Å². The first-order valence-electron chi connectivity index (χ1n) is 9.33. The molecule has 0 radical (unpaired) electrons. The number of ketones is 1. The van der Waals surface area contributed by atoms with Crippen molar-refractivity contribution >= 4 is 39.3 Å². The molecular weight excluding hydrogens is 446 g/mol. The lowest BCUT2D eigenvalue weighted by molar-refractivity contribution is 0.0320. The van der Waals surface area contributed by atoms with Gasteiger partial charge in [-0.1, -0.05) is 57.9 Å². The Bertz CT molecular complexity index is 1080. The summed E-state index contributed by atoms with van der Waals surface area (Å²) in [5, 5.41) is 2.73. The zero-order valence-electron chi connectivity index (χ0n) is 16.5. The van der Waals surface area contributed by atoms with Gasteiger partial charge >= 0.3 is 5.97 Å². The van der Waals surface area contributed by atoms with Crippen LogP contribution in [-0.2, 0) is 4.74 Å². The van der Waals surface area contributed by atoms with E-state index >= 15 is 0 Å². The third kappa shape index (κ3) is 5.21. The third-order valence-electron chi connectivity index (χ3n) is 4.49. The monoisotopic (exact) mass is 465 g/mol. The number of hydrogen-bond acceptors (Lipinski definition) is 4. The van der Waals surface area contributed by atoms with Crippen molar-refractivity contribution in [2.45, 2.75) is 20.0 Å². The fraction of sp³-hybridized carbons (Fsp3) is 0.125. The van der Waals surface area contributed by atoms with Crippen LogP contribution in [0.25, 0.3) is 0 Å². The summed E-state index contributed by atoms with van der Waals surface area (Å²) in [6.45, 7) is 3.46. The molecule has 1 amide bonds. The minimum atomic E-state index is -0.963. The Balaban J connectivity index is 1.73. The maximum atomic E-state index is 12.7. The van der Waals surface area contributed by atoms with Crippen LogP contribution >= 0.6 is 15.9 Å². The highest BCUT2D eigenvalue weighted by molar-refractivity contribution is 9.10. The number of carbonyl (C=O) groups excluding carboxylic acids is 3. The van der Waals surface area contributed by atoms with E-state index in [0.29, 0.717) is 16.8 Å². The summed E-state index contributed by atoms with van der Waals surface area (Å²) in [7, 11) is 0. The van der Waals surface area contributed by atoms with Gasteiger partial charge in [0.05, 0.1) is 11.3 Å². The lowest BCUT2D eigenvalue weighted by Crippen LogP contribution is -2.25. The molecule has 0 aromatic heterocycles. The molecule has 5 nitrogen and oxygen atoms in total. The Morgan fingerprint density at radius 3 is 2.13 bits per heavy atom. The van der Waals surface area contributed by atoms with Gasteiger partial charge < -0.3 is 10.1 Å². The minimum absolute atomic E-state index is 0.173. The van der Waals surface area contributed by atoms with Gasteiger partial charge in [-0.25, -0.2) is 4.79 Å². The summed E-state index contributed by atoms with van der Waals surface area (Å²) < 4.78 is 6.24. The number of Topliss-reactive ketones (excluding diaryl/α,β-unsaturated/α-hetero) is 1. The van der Waals surface area contributed by atoms with E-state index in [1.165, 1.54) is 6.92 Å². The van der Waals surface area contributed by atoms with Crippen LogP contribution < -0.4 is 5.32 Å². The van der Waals surface area contributed by atoms with Crippen LogP contribution in [0.3, 0.4) is 0 Å². The van der Waals surface area contributed by atoms with Crippen LogP contribution in [0.1, 0.15) is 43.6 Å². The molecule has 0 unspecified atom stereocenters. The zero-order chi connectivity index (χ0) is 21.7. The quantitative estimate of drug-likeness (QED) is 0.388. The molecule has 0 saturated carbocycles. The van der Waals surface area contributed by atoms with Crippen molar-refractivity contribution in [3.63, 3.8) is 0 Å². The fourth-order valence-electron chi connectivity index (χ4n) is 2.80. The highest BCUT2D eigenvalue weighted by Gasteiger charge is 2.22. The van der Waals surface area contributed by atoms with Crippen molar-refractivity contribution < 1.29 is 19.1 Å². The van der Waals surface area contributed by atoms with Gasteiger partial charge in [-0.15, -0.1) is 0 Å². The van der Waals surface area contributed by atoms with Crippen molar-refractivity contribution in [2.24, 2.45) is 0 Å². The summed E-state index contributed by atoms with van der Waals surface area (Å²) in [5.74, 6) is -1.33. The molecule has 0 heterocycles. The first kappa shape index (κ1) is 21.5. The van der Waals surface area contributed by atoms with E-state index in [2.05, 4.69) is 21.2 Å². The molecule has 0 fully saturated rings. The molecule has 0 bridgehead atoms. The molecule has 0 saturated heterocycles. The molecule has 6 heteroatoms. The normalized spacial score (nSPS) is 11.4. The molecule has 152 valence electrons. The maximum Gasteiger partial charge on any atom is 0.340 e. The van der Waals surface area contributed by atoms with E-state index in [9.17, 15) is 14.4 Å². The first-order chi connectivity index (χ1) is 14.3. The number of anilines is 1. The average molecular weight is 466 g/mol. The van der Waals surface area contributed by atoms with E-state index in [4.69, 9.17) is 4.74 Å². The number of hydrogen-bond donors (Lipinski definition) is 1. The molecule has 0 aliphatic carbocycles. The number of benzene rings is 3. The highest BCUT2D eigenvalue weighted by Crippen LogP contribution is 2.20. The van der Waals surface area contributed by atoms with Crippen molar-refractivity contribution in [3.05, 3.63) is 99.5 Å². The standard InChI is InChI=1S/C24H20BrNO4/c1-15-7-9-17(10-8-15)22(27)16(2)30-24(29)20-5-3-4-6-21(20)26-23(28)18-11-13-19(25)14-12-18/h3-14,16H,1-2H3,(H,26,28)/t16-/m0/s1. The van der Waals surface area contributed by atoms with Crippen molar-refractivity contribution in [3.8, 4) is 0 Å². The lowest BCUT2D eigenvalue weighted by atomic mass is 10.1. The molecule has 3 rings (SSSR count). The van der Waals surface area contributed by atoms with Crippen molar-refractivity contribution in [2.75, 3.05) is 5.32 Å². The molecular formula is C24H20BrNO4. The smallest absolute Gasteiger partial charge is 0.340 e. The third-order valence-corrected chi connectivity index (χ3v) is 5.02. The van der Waals surface area contributed by atoms with Gasteiger partial charge in [0.25, 0.3) is 5.91 Å². The van der Waals surface area contributed by atoms with Crippen LogP contribution in [0.15, 0.2) is 77.3 Å². The number of halogens is 1. The molecule has 0 aliphatic rings. The highest BCUT2D eigenvalue weighted by atomic mass is 79.9. The van der Waals surface area contributed by atoms with Gasteiger partial charge in [-0.3, -0.25) is 9.59 Å². The second-order valence-electron chi connectivity index (χ2n) is 6.78. The topological polar surface area (TPSA) is 72.5 Å². The van der Waals surface area contributed by atoms with Crippen LogP contribution in [0.5, 0.6) is 0 Å². The fourth-order valence-corrected chi connectivity index (χ4v) is 3.06. The molecule has 3 aromatic rings. The Kier molecular flexibility index (Phi) is 6.79. The summed E-state index contributed by atoms with van der Waals surface area (Å²) in [4.78, 5) is 37.8. The number of para-hydroxylation sites is 1. The number of amides is 1. The largest absolute Gasteiger partial charge is 0.451 e. The molecule has 1 atom stereocenters. The van der Waals surface area contributed by atoms with Crippen molar-refractivity contribution in [1.82, 2.24) is 0 Å². The molecule has 0 spiro atoms. The van der Waals surface area contributed by atoms with Gasteiger partial charge in [0.2, 0.25) is 5.78 Å². The Morgan fingerprint density at radius 1 is 0.867 bits per heavy atom. The second-order valence-corrected chi connectivity index (χ2v) is 7.70. The predicted octanol–water partition coefficient (Wildman–Crippen LogP) is 5.44. The Labute approximate surface area is 183 Å². The summed E-state index contributed by atoms with van der Waals surface area (Å²) in [5.41, 5.74) is 2.44. The minimum Gasteiger partial charge on any atom is -0.451 e. The van der Waals surface area contributed by atoms with E-state index in [0.717, 1.165) is 10.0 Å². The lowest BCUT2D eigenvalue weighted by Gasteiger charge is -2.15. The van der Waals surface area contributed by atoms with Gasteiger partial charge in [0.15, 0.2) is 6.10 Å². The van der Waals surface area contributed by atoms with Crippen LogP contribution in [0, 0.1) is 6.92 Å². The maximum absolute atomic E-state index is 12.7. The second kappa shape index (κ2) is 9.50. The van der Waals surface area contributed by atoms with Crippen LogP contribution in [0.4, 0.5) is 5.69 Å². The summed E-state index contributed by atoms with van der Waals surface area (Å²) in [6, 6.07) is 20.4. The van der Waals surface area contributed by atoms with E-state index in [-0.39, 0.29) is 17.3 Å². The molecule has 0 aliphatic heterocycles. The van der Waals surface area contributed by atoms with Crippen molar-refractivity contribution in [1.29, 1.82) is 0 Å². The Hall–Kier alpha value is -3.25. The number of rotatable bonds is 6. The van der Waals surface area contributed by atoms with Crippen LogP contribution in [0.2, 0.25) is 0 Å². The van der Waals surface area contributed by atoms with Gasteiger partial charge in [0.1, 0.15) is 0 Å². The molecule has 3 aromatic carbocycles. The van der Waals surface area contributed by atoms with Gasteiger partial charge in [0, 0.05) is 15.6 Å². The van der Waals surface area contributed by atoms with Crippen LogP contribution in [-0.4, -0.2) is 23.8 Å². The van der Waals surface area contributed by atoms with E-state index in [1.54, 1.807) is 60.7 Å². The molecule has 30 heavy (non-hydrogen) atoms.